The van der Waals surface area contributed by atoms with Gasteiger partial charge in [-0.1, -0.05) is 37.6 Å². The Bertz CT molecular complexity index is 337. The summed E-state index contributed by atoms with van der Waals surface area (Å²) in [6, 6.07) is 8.56. The summed E-state index contributed by atoms with van der Waals surface area (Å²) in [4.78, 5) is 2.39. The molecule has 0 aliphatic heterocycles. The molecule has 0 aliphatic carbocycles. The maximum absolute atomic E-state index is 5.92. The van der Waals surface area contributed by atoms with E-state index in [-0.39, 0.29) is 0 Å². The van der Waals surface area contributed by atoms with E-state index in [0.717, 1.165) is 24.7 Å². The third-order valence-corrected chi connectivity index (χ3v) is 3.61. The fourth-order valence-electron chi connectivity index (χ4n) is 2.10. The van der Waals surface area contributed by atoms with Gasteiger partial charge in [-0.15, -0.1) is 0 Å². The van der Waals surface area contributed by atoms with Crippen LogP contribution in [0.5, 0.6) is 0 Å². The van der Waals surface area contributed by atoms with Gasteiger partial charge in [0.15, 0.2) is 0 Å². The molecule has 0 bridgehead atoms. The van der Waals surface area contributed by atoms with Crippen LogP contribution in [0.2, 0.25) is 5.02 Å². The van der Waals surface area contributed by atoms with Crippen LogP contribution in [0.3, 0.4) is 0 Å². The van der Waals surface area contributed by atoms with Crippen molar-refractivity contribution in [2.24, 2.45) is 5.92 Å². The van der Waals surface area contributed by atoms with Crippen molar-refractivity contribution in [3.05, 3.63) is 34.9 Å². The highest BCUT2D eigenvalue weighted by molar-refractivity contribution is 6.30. The predicted molar refractivity (Wildman–Crippen MR) is 80.2 cm³/mol. The Balaban J connectivity index is 2.50. The number of nitrogens with one attached hydrogen (secondary N) is 1. The van der Waals surface area contributed by atoms with Gasteiger partial charge in [-0.2, -0.15) is 0 Å². The van der Waals surface area contributed by atoms with E-state index in [9.17, 15) is 0 Å². The molecule has 1 rings (SSSR count). The lowest BCUT2D eigenvalue weighted by Gasteiger charge is -2.28. The van der Waals surface area contributed by atoms with Gasteiger partial charge < -0.3 is 5.32 Å². The van der Waals surface area contributed by atoms with Crippen LogP contribution in [-0.4, -0.2) is 31.6 Å². The summed E-state index contributed by atoms with van der Waals surface area (Å²) in [6.45, 7) is 9.88. The fourth-order valence-corrected chi connectivity index (χ4v) is 2.23. The molecule has 2 atom stereocenters. The molecule has 3 heteroatoms. The van der Waals surface area contributed by atoms with Gasteiger partial charge in [0.2, 0.25) is 0 Å². The van der Waals surface area contributed by atoms with Crippen molar-refractivity contribution in [3.63, 3.8) is 0 Å². The molecule has 102 valence electrons. The van der Waals surface area contributed by atoms with Gasteiger partial charge in [-0.25, -0.2) is 0 Å². The molecule has 1 N–H and O–H groups in total. The van der Waals surface area contributed by atoms with Crippen LogP contribution < -0.4 is 5.32 Å². The monoisotopic (exact) mass is 268 g/mol. The molecule has 18 heavy (non-hydrogen) atoms. The summed E-state index contributed by atoms with van der Waals surface area (Å²) in [5.41, 5.74) is 1.32. The average molecular weight is 269 g/mol. The number of nitrogens with zero attached hydrogens (tertiary/aromatic N) is 1. The Kier molecular flexibility index (Phi) is 6.69. The summed E-state index contributed by atoms with van der Waals surface area (Å²) in [5, 5.41) is 4.20. The van der Waals surface area contributed by atoms with E-state index in [0.29, 0.717) is 12.0 Å². The predicted octanol–water partition coefficient (Wildman–Crippen LogP) is 3.58. The minimum Gasteiger partial charge on any atom is -0.317 e. The third kappa shape index (κ3) is 4.97. The van der Waals surface area contributed by atoms with Gasteiger partial charge in [-0.3, -0.25) is 4.90 Å². The quantitative estimate of drug-likeness (QED) is 0.813. The molecule has 0 aromatic heterocycles. The average Bonchev–Trinajstić information content (AvgIpc) is 2.36. The Morgan fingerprint density at radius 3 is 2.39 bits per heavy atom. The molecule has 0 fully saturated rings. The van der Waals surface area contributed by atoms with Crippen LogP contribution in [0.1, 0.15) is 32.4 Å². The van der Waals surface area contributed by atoms with Crippen molar-refractivity contribution in [1.29, 1.82) is 0 Å². The number of hydrogen-bond acceptors (Lipinski definition) is 2. The first-order chi connectivity index (χ1) is 8.54. The summed E-state index contributed by atoms with van der Waals surface area (Å²) in [6.07, 6.45) is 0. The van der Waals surface area contributed by atoms with Crippen molar-refractivity contribution in [1.82, 2.24) is 10.2 Å². The Morgan fingerprint density at radius 2 is 1.83 bits per heavy atom. The maximum Gasteiger partial charge on any atom is 0.0406 e. The molecule has 0 saturated carbocycles. The molecular formula is C15H25ClN2. The normalized spacial score (nSPS) is 14.8. The van der Waals surface area contributed by atoms with Crippen LogP contribution in [0.4, 0.5) is 0 Å². The van der Waals surface area contributed by atoms with Crippen molar-refractivity contribution in [2.75, 3.05) is 26.7 Å². The number of halogens is 1. The SMILES string of the molecule is CCNCC(C)CN(C)C(C)c1ccc(Cl)cc1. The molecule has 0 saturated heterocycles. The van der Waals surface area contributed by atoms with Gasteiger partial charge in [0, 0.05) is 17.6 Å². The first kappa shape index (κ1) is 15.5. The molecule has 1 aromatic rings. The van der Waals surface area contributed by atoms with Crippen LogP contribution in [-0.2, 0) is 0 Å². The summed E-state index contributed by atoms with van der Waals surface area (Å²) >= 11 is 5.92. The second-order valence-corrected chi connectivity index (χ2v) is 5.52. The van der Waals surface area contributed by atoms with Crippen molar-refractivity contribution >= 4 is 11.6 Å². The topological polar surface area (TPSA) is 15.3 Å². The fraction of sp³-hybridized carbons (Fsp3) is 0.600. The molecule has 2 unspecified atom stereocenters. The zero-order chi connectivity index (χ0) is 13.5. The standard InChI is InChI=1S/C15H25ClN2/c1-5-17-10-12(2)11-18(4)13(3)14-6-8-15(16)9-7-14/h6-9,12-13,17H,5,10-11H2,1-4H3. The number of hydrogen-bond donors (Lipinski definition) is 1. The lowest BCUT2D eigenvalue weighted by atomic mass is 10.1. The number of benzene rings is 1. The van der Waals surface area contributed by atoms with Crippen LogP contribution >= 0.6 is 11.6 Å². The van der Waals surface area contributed by atoms with Crippen molar-refractivity contribution in [2.45, 2.75) is 26.8 Å². The van der Waals surface area contributed by atoms with E-state index in [1.165, 1.54) is 5.56 Å². The van der Waals surface area contributed by atoms with E-state index in [1.807, 2.05) is 12.1 Å². The molecule has 0 radical (unpaired) electrons. The molecule has 0 amide bonds. The Morgan fingerprint density at radius 1 is 1.22 bits per heavy atom. The maximum atomic E-state index is 5.92. The van der Waals surface area contributed by atoms with E-state index in [1.54, 1.807) is 0 Å². The van der Waals surface area contributed by atoms with Gasteiger partial charge >= 0.3 is 0 Å². The minimum atomic E-state index is 0.423. The molecule has 0 aliphatic rings. The molecule has 2 nitrogen and oxygen atoms in total. The van der Waals surface area contributed by atoms with Gasteiger partial charge in [0.05, 0.1) is 0 Å². The summed E-state index contributed by atoms with van der Waals surface area (Å²) in [5.74, 6) is 0.657. The molecule has 0 spiro atoms. The summed E-state index contributed by atoms with van der Waals surface area (Å²) < 4.78 is 0. The lowest BCUT2D eigenvalue weighted by molar-refractivity contribution is 0.224. The zero-order valence-electron chi connectivity index (χ0n) is 11.9. The first-order valence-corrected chi connectivity index (χ1v) is 7.08. The van der Waals surface area contributed by atoms with Gasteiger partial charge in [0.25, 0.3) is 0 Å². The van der Waals surface area contributed by atoms with E-state index in [2.05, 4.69) is 50.2 Å². The molecule has 1 aromatic carbocycles. The Labute approximate surface area is 116 Å². The highest BCUT2D eigenvalue weighted by Crippen LogP contribution is 2.21. The van der Waals surface area contributed by atoms with E-state index in [4.69, 9.17) is 11.6 Å². The van der Waals surface area contributed by atoms with Crippen LogP contribution in [0.15, 0.2) is 24.3 Å². The van der Waals surface area contributed by atoms with Gasteiger partial charge in [0.1, 0.15) is 0 Å². The van der Waals surface area contributed by atoms with E-state index >= 15 is 0 Å². The molecular weight excluding hydrogens is 244 g/mol. The highest BCUT2D eigenvalue weighted by atomic mass is 35.5. The second kappa shape index (κ2) is 7.78. The third-order valence-electron chi connectivity index (χ3n) is 3.36. The van der Waals surface area contributed by atoms with Crippen LogP contribution in [0, 0.1) is 5.92 Å². The smallest absolute Gasteiger partial charge is 0.0406 e. The van der Waals surface area contributed by atoms with Crippen molar-refractivity contribution in [3.8, 4) is 0 Å². The largest absolute Gasteiger partial charge is 0.317 e. The van der Waals surface area contributed by atoms with Gasteiger partial charge in [-0.05, 0) is 50.7 Å². The molecule has 0 heterocycles. The minimum absolute atomic E-state index is 0.423. The second-order valence-electron chi connectivity index (χ2n) is 5.08. The van der Waals surface area contributed by atoms with Crippen LogP contribution in [0.25, 0.3) is 0 Å². The Hall–Kier alpha value is -0.570. The number of rotatable bonds is 7. The first-order valence-electron chi connectivity index (χ1n) is 6.71. The zero-order valence-corrected chi connectivity index (χ0v) is 12.7. The highest BCUT2D eigenvalue weighted by Gasteiger charge is 2.14. The summed E-state index contributed by atoms with van der Waals surface area (Å²) in [7, 11) is 2.18. The van der Waals surface area contributed by atoms with E-state index < -0.39 is 0 Å². The van der Waals surface area contributed by atoms with Crippen molar-refractivity contribution < 1.29 is 0 Å². The lowest BCUT2D eigenvalue weighted by Crippen LogP contribution is -2.32.